The van der Waals surface area contributed by atoms with Crippen molar-refractivity contribution < 1.29 is 9.21 Å². The highest BCUT2D eigenvalue weighted by molar-refractivity contribution is 8.00. The van der Waals surface area contributed by atoms with Crippen LogP contribution in [0.5, 0.6) is 0 Å². The standard InChI is InChI=1S/C22H24N2O2S/c1-4-17-10-12-19(13-11-17)21(25)16(3)27-22-24-23-20(26-22)14-15(2)18-8-6-5-7-9-18/h5-13,15-16H,4,14H2,1-3H3. The smallest absolute Gasteiger partial charge is 0.277 e. The van der Waals surface area contributed by atoms with E-state index in [0.717, 1.165) is 6.42 Å². The molecule has 0 amide bonds. The first-order valence-electron chi connectivity index (χ1n) is 9.24. The molecule has 140 valence electrons. The summed E-state index contributed by atoms with van der Waals surface area (Å²) in [6.07, 6.45) is 1.64. The first-order valence-corrected chi connectivity index (χ1v) is 10.1. The lowest BCUT2D eigenvalue weighted by molar-refractivity contribution is 0.0993. The molecule has 2 aromatic carbocycles. The van der Waals surface area contributed by atoms with Gasteiger partial charge in [0.2, 0.25) is 5.89 Å². The Morgan fingerprint density at radius 3 is 2.41 bits per heavy atom. The molecule has 3 rings (SSSR count). The third kappa shape index (κ3) is 5.07. The van der Waals surface area contributed by atoms with Gasteiger partial charge in [-0.2, -0.15) is 0 Å². The molecule has 0 aliphatic heterocycles. The number of carbonyl (C=O) groups is 1. The van der Waals surface area contributed by atoms with Crippen molar-refractivity contribution >= 4 is 17.5 Å². The number of ketones is 1. The molecule has 0 fully saturated rings. The fourth-order valence-corrected chi connectivity index (χ4v) is 3.65. The van der Waals surface area contributed by atoms with Crippen LogP contribution in [-0.2, 0) is 12.8 Å². The normalized spacial score (nSPS) is 13.3. The predicted octanol–water partition coefficient (Wildman–Crippen LogP) is 5.34. The summed E-state index contributed by atoms with van der Waals surface area (Å²) >= 11 is 1.31. The van der Waals surface area contributed by atoms with Gasteiger partial charge in [0.05, 0.1) is 5.25 Å². The SMILES string of the molecule is CCc1ccc(C(=O)C(C)Sc2nnc(CC(C)c3ccccc3)o2)cc1. The van der Waals surface area contributed by atoms with Crippen molar-refractivity contribution in [1.82, 2.24) is 10.2 Å². The largest absolute Gasteiger partial charge is 0.416 e. The summed E-state index contributed by atoms with van der Waals surface area (Å²) in [5, 5.41) is 8.40. The van der Waals surface area contributed by atoms with Gasteiger partial charge < -0.3 is 4.42 Å². The van der Waals surface area contributed by atoms with Crippen LogP contribution in [0.25, 0.3) is 0 Å². The van der Waals surface area contributed by atoms with Crippen LogP contribution in [0.1, 0.15) is 54.1 Å². The van der Waals surface area contributed by atoms with E-state index >= 15 is 0 Å². The van der Waals surface area contributed by atoms with Crippen molar-refractivity contribution in [2.75, 3.05) is 0 Å². The van der Waals surface area contributed by atoms with E-state index in [-0.39, 0.29) is 11.0 Å². The minimum Gasteiger partial charge on any atom is -0.416 e. The van der Waals surface area contributed by atoms with Crippen LogP contribution in [0.2, 0.25) is 0 Å². The summed E-state index contributed by atoms with van der Waals surface area (Å²) in [5.41, 5.74) is 3.18. The van der Waals surface area contributed by atoms with Crippen molar-refractivity contribution in [1.29, 1.82) is 0 Å². The highest BCUT2D eigenvalue weighted by Gasteiger charge is 2.20. The van der Waals surface area contributed by atoms with Gasteiger partial charge in [-0.25, -0.2) is 0 Å². The molecule has 0 spiro atoms. The summed E-state index contributed by atoms with van der Waals surface area (Å²) in [7, 11) is 0. The Hall–Kier alpha value is -2.40. The fraction of sp³-hybridized carbons (Fsp3) is 0.318. The maximum absolute atomic E-state index is 12.6. The lowest BCUT2D eigenvalue weighted by atomic mass is 9.98. The van der Waals surface area contributed by atoms with E-state index in [1.807, 2.05) is 49.4 Å². The number of aryl methyl sites for hydroxylation is 1. The number of aromatic nitrogens is 2. The first-order chi connectivity index (χ1) is 13.1. The van der Waals surface area contributed by atoms with E-state index < -0.39 is 0 Å². The van der Waals surface area contributed by atoms with E-state index in [1.165, 1.54) is 22.9 Å². The molecule has 5 heteroatoms. The quantitative estimate of drug-likeness (QED) is 0.390. The van der Waals surface area contributed by atoms with Crippen LogP contribution in [-0.4, -0.2) is 21.2 Å². The van der Waals surface area contributed by atoms with Gasteiger partial charge in [0.15, 0.2) is 5.78 Å². The number of thioether (sulfide) groups is 1. The van der Waals surface area contributed by atoms with Gasteiger partial charge in [0, 0.05) is 12.0 Å². The lowest BCUT2D eigenvalue weighted by Crippen LogP contribution is -2.13. The summed E-state index contributed by atoms with van der Waals surface area (Å²) in [6, 6.07) is 18.0. The molecule has 0 aliphatic carbocycles. The number of carbonyl (C=O) groups excluding carboxylic acids is 1. The Bertz CT molecular complexity index is 875. The lowest BCUT2D eigenvalue weighted by Gasteiger charge is -2.09. The number of Topliss-reactive ketones (excluding diaryl/α,β-unsaturated/α-hetero) is 1. The van der Waals surface area contributed by atoms with Crippen LogP contribution < -0.4 is 0 Å². The second-order valence-electron chi connectivity index (χ2n) is 6.65. The van der Waals surface area contributed by atoms with Crippen LogP contribution >= 0.6 is 11.8 Å². The molecule has 0 aliphatic rings. The summed E-state index contributed by atoms with van der Waals surface area (Å²) in [4.78, 5) is 12.6. The van der Waals surface area contributed by atoms with Crippen LogP contribution in [0.4, 0.5) is 0 Å². The van der Waals surface area contributed by atoms with Gasteiger partial charge >= 0.3 is 0 Å². The van der Waals surface area contributed by atoms with E-state index in [9.17, 15) is 4.79 Å². The van der Waals surface area contributed by atoms with Crippen LogP contribution in [0.15, 0.2) is 64.2 Å². The molecule has 2 atom stereocenters. The van der Waals surface area contributed by atoms with E-state index in [2.05, 4.69) is 36.2 Å². The molecular formula is C22H24N2O2S. The van der Waals surface area contributed by atoms with Crippen molar-refractivity contribution in [2.45, 2.75) is 50.0 Å². The predicted molar refractivity (Wildman–Crippen MR) is 108 cm³/mol. The molecule has 27 heavy (non-hydrogen) atoms. The van der Waals surface area contributed by atoms with Crippen molar-refractivity contribution in [3.05, 3.63) is 77.2 Å². The van der Waals surface area contributed by atoms with Crippen LogP contribution in [0.3, 0.4) is 0 Å². The maximum Gasteiger partial charge on any atom is 0.277 e. The van der Waals surface area contributed by atoms with Crippen molar-refractivity contribution in [3.8, 4) is 0 Å². The third-order valence-corrected chi connectivity index (χ3v) is 5.53. The number of benzene rings is 2. The third-order valence-electron chi connectivity index (χ3n) is 4.59. The van der Waals surface area contributed by atoms with Gasteiger partial charge in [-0.15, -0.1) is 10.2 Å². The fourth-order valence-electron chi connectivity index (χ4n) is 2.87. The van der Waals surface area contributed by atoms with Gasteiger partial charge in [-0.1, -0.05) is 80.2 Å². The zero-order chi connectivity index (χ0) is 19.2. The number of hydrogen-bond donors (Lipinski definition) is 0. The molecule has 1 heterocycles. The van der Waals surface area contributed by atoms with Gasteiger partial charge in [0.1, 0.15) is 0 Å². The minimum absolute atomic E-state index is 0.0695. The monoisotopic (exact) mass is 380 g/mol. The van der Waals surface area contributed by atoms with Crippen molar-refractivity contribution in [2.24, 2.45) is 0 Å². The van der Waals surface area contributed by atoms with Gasteiger partial charge in [-0.3, -0.25) is 4.79 Å². The molecule has 4 nitrogen and oxygen atoms in total. The molecule has 0 saturated carbocycles. The molecule has 3 aromatic rings. The first kappa shape index (κ1) is 19.4. The van der Waals surface area contributed by atoms with E-state index in [1.54, 1.807) is 0 Å². The molecule has 2 unspecified atom stereocenters. The van der Waals surface area contributed by atoms with Crippen molar-refractivity contribution in [3.63, 3.8) is 0 Å². The minimum atomic E-state index is -0.280. The second kappa shape index (κ2) is 9.00. The maximum atomic E-state index is 12.6. The number of nitrogens with zero attached hydrogens (tertiary/aromatic N) is 2. The highest BCUT2D eigenvalue weighted by Crippen LogP contribution is 2.26. The van der Waals surface area contributed by atoms with E-state index in [0.29, 0.717) is 29.0 Å². The average molecular weight is 381 g/mol. The number of rotatable bonds is 8. The summed E-state index contributed by atoms with van der Waals surface area (Å²) in [6.45, 7) is 6.11. The summed E-state index contributed by atoms with van der Waals surface area (Å²) < 4.78 is 5.76. The molecule has 0 radical (unpaired) electrons. The Morgan fingerprint density at radius 1 is 1.04 bits per heavy atom. The Labute approximate surface area is 164 Å². The molecule has 0 saturated heterocycles. The van der Waals surface area contributed by atoms with E-state index in [4.69, 9.17) is 4.42 Å². The molecule has 0 N–H and O–H groups in total. The molecule has 1 aromatic heterocycles. The Balaban J connectivity index is 1.60. The Kier molecular flexibility index (Phi) is 6.45. The second-order valence-corrected chi connectivity index (χ2v) is 7.94. The van der Waals surface area contributed by atoms with Crippen LogP contribution in [0, 0.1) is 0 Å². The average Bonchev–Trinajstić information content (AvgIpc) is 3.14. The van der Waals surface area contributed by atoms with Gasteiger partial charge in [0.25, 0.3) is 5.22 Å². The Morgan fingerprint density at radius 2 is 1.74 bits per heavy atom. The molecular weight excluding hydrogens is 356 g/mol. The molecule has 0 bridgehead atoms. The number of hydrogen-bond acceptors (Lipinski definition) is 5. The topological polar surface area (TPSA) is 56.0 Å². The summed E-state index contributed by atoms with van der Waals surface area (Å²) in [5.74, 6) is 0.960. The zero-order valence-corrected chi connectivity index (χ0v) is 16.7. The highest BCUT2D eigenvalue weighted by atomic mass is 32.2. The van der Waals surface area contributed by atoms with Gasteiger partial charge in [-0.05, 0) is 30.4 Å². The zero-order valence-electron chi connectivity index (χ0n) is 15.9.